The molecule has 2 heterocycles. The summed E-state index contributed by atoms with van der Waals surface area (Å²) < 4.78 is 4.12. The lowest BCUT2D eigenvalue weighted by Crippen LogP contribution is -2.02. The summed E-state index contributed by atoms with van der Waals surface area (Å²) in [5.74, 6) is 0.445. The van der Waals surface area contributed by atoms with Crippen LogP contribution in [0.4, 0.5) is 5.82 Å². The SMILES string of the molecule is N#Cc1c(N)nc2c(c1-c1cnsc1)Cc1c(O)cccc1-2. The van der Waals surface area contributed by atoms with Gasteiger partial charge < -0.3 is 10.8 Å². The average Bonchev–Trinajstić information content (AvgIpc) is 3.14. The molecule has 0 amide bonds. The second-order valence-electron chi connectivity index (χ2n) is 5.08. The predicted molar refractivity (Wildman–Crippen MR) is 84.4 cm³/mol. The third-order valence-electron chi connectivity index (χ3n) is 3.92. The quantitative estimate of drug-likeness (QED) is 0.563. The van der Waals surface area contributed by atoms with Gasteiger partial charge in [0.05, 0.1) is 5.69 Å². The number of nitriles is 1. The third kappa shape index (κ3) is 1.63. The van der Waals surface area contributed by atoms with Crippen LogP contribution in [0.5, 0.6) is 5.75 Å². The van der Waals surface area contributed by atoms with Crippen LogP contribution in [0.15, 0.2) is 29.8 Å². The second-order valence-corrected chi connectivity index (χ2v) is 5.74. The summed E-state index contributed by atoms with van der Waals surface area (Å²) in [6, 6.07) is 7.50. The fourth-order valence-corrected chi connectivity index (χ4v) is 3.48. The Balaban J connectivity index is 2.09. The number of aromatic nitrogens is 2. The molecule has 1 aliphatic carbocycles. The molecule has 0 bridgehead atoms. The van der Waals surface area contributed by atoms with Crippen molar-refractivity contribution in [3.63, 3.8) is 0 Å². The lowest BCUT2D eigenvalue weighted by atomic mass is 9.96. The predicted octanol–water partition coefficient (Wildman–Crippen LogP) is 2.94. The monoisotopic (exact) mass is 306 g/mol. The molecule has 22 heavy (non-hydrogen) atoms. The van der Waals surface area contributed by atoms with Crippen LogP contribution in [0.2, 0.25) is 0 Å². The molecule has 1 aliphatic rings. The number of pyridine rings is 1. The Hall–Kier alpha value is -2.91. The van der Waals surface area contributed by atoms with Gasteiger partial charge in [0.15, 0.2) is 0 Å². The normalized spacial score (nSPS) is 11.8. The Morgan fingerprint density at radius 3 is 2.91 bits per heavy atom. The molecule has 5 nitrogen and oxygen atoms in total. The largest absolute Gasteiger partial charge is 0.508 e. The standard InChI is InChI=1S/C16H10N4OS/c17-5-12-14(8-6-19-22-7-8)11-4-10-9(2-1-3-13(10)21)15(11)20-16(12)18/h1-3,6-7,21H,4H2,(H2,18,20). The molecular formula is C16H10N4OS. The zero-order valence-electron chi connectivity index (χ0n) is 11.4. The van der Waals surface area contributed by atoms with Crippen molar-refractivity contribution in [1.29, 1.82) is 5.26 Å². The van der Waals surface area contributed by atoms with Crippen molar-refractivity contribution in [3.05, 3.63) is 46.5 Å². The van der Waals surface area contributed by atoms with E-state index in [1.54, 1.807) is 18.3 Å². The van der Waals surface area contributed by atoms with Crippen LogP contribution in [0, 0.1) is 11.3 Å². The number of rotatable bonds is 1. The molecule has 0 saturated carbocycles. The maximum Gasteiger partial charge on any atom is 0.142 e. The van der Waals surface area contributed by atoms with E-state index in [1.807, 2.05) is 11.4 Å². The van der Waals surface area contributed by atoms with Crippen LogP contribution in [-0.2, 0) is 6.42 Å². The molecule has 106 valence electrons. The number of phenols is 1. The molecular weight excluding hydrogens is 296 g/mol. The van der Waals surface area contributed by atoms with Gasteiger partial charge in [-0.15, -0.1) is 0 Å². The van der Waals surface area contributed by atoms with E-state index in [0.29, 0.717) is 12.0 Å². The van der Waals surface area contributed by atoms with E-state index < -0.39 is 0 Å². The van der Waals surface area contributed by atoms with Crippen molar-refractivity contribution in [3.8, 4) is 34.2 Å². The van der Waals surface area contributed by atoms with Gasteiger partial charge in [-0.1, -0.05) is 12.1 Å². The smallest absolute Gasteiger partial charge is 0.142 e. The second kappa shape index (κ2) is 4.55. The van der Waals surface area contributed by atoms with E-state index in [9.17, 15) is 10.4 Å². The van der Waals surface area contributed by atoms with Gasteiger partial charge >= 0.3 is 0 Å². The maximum absolute atomic E-state index is 10.1. The molecule has 4 rings (SSSR count). The van der Waals surface area contributed by atoms with Gasteiger partial charge in [0.2, 0.25) is 0 Å². The minimum absolute atomic E-state index is 0.207. The van der Waals surface area contributed by atoms with E-state index in [4.69, 9.17) is 5.73 Å². The number of nitrogens with zero attached hydrogens (tertiary/aromatic N) is 3. The van der Waals surface area contributed by atoms with Gasteiger partial charge in [0.25, 0.3) is 0 Å². The summed E-state index contributed by atoms with van der Waals surface area (Å²) in [7, 11) is 0. The molecule has 0 fully saturated rings. The van der Waals surface area contributed by atoms with Gasteiger partial charge in [-0.05, 0) is 23.2 Å². The van der Waals surface area contributed by atoms with Crippen molar-refractivity contribution in [1.82, 2.24) is 9.36 Å². The molecule has 3 N–H and O–H groups in total. The highest BCUT2D eigenvalue weighted by molar-refractivity contribution is 7.03. The molecule has 0 radical (unpaired) electrons. The molecule has 0 saturated heterocycles. The number of hydrogen-bond acceptors (Lipinski definition) is 6. The van der Waals surface area contributed by atoms with Gasteiger partial charge in [-0.2, -0.15) is 5.26 Å². The molecule has 1 aromatic carbocycles. The summed E-state index contributed by atoms with van der Waals surface area (Å²) in [6.45, 7) is 0. The molecule has 3 aromatic rings. The van der Waals surface area contributed by atoms with Gasteiger partial charge in [0, 0.05) is 40.3 Å². The van der Waals surface area contributed by atoms with Crippen LogP contribution in [0.3, 0.4) is 0 Å². The van der Waals surface area contributed by atoms with Crippen LogP contribution >= 0.6 is 11.5 Å². The molecule has 0 unspecified atom stereocenters. The van der Waals surface area contributed by atoms with Gasteiger partial charge in [0.1, 0.15) is 23.2 Å². The first-order valence-electron chi connectivity index (χ1n) is 6.64. The first-order chi connectivity index (χ1) is 10.7. The van der Waals surface area contributed by atoms with Crippen molar-refractivity contribution < 1.29 is 5.11 Å². The van der Waals surface area contributed by atoms with Crippen molar-refractivity contribution in [2.75, 3.05) is 5.73 Å². The highest BCUT2D eigenvalue weighted by Gasteiger charge is 2.29. The lowest BCUT2D eigenvalue weighted by Gasteiger charge is -2.10. The van der Waals surface area contributed by atoms with E-state index in [2.05, 4.69) is 15.4 Å². The maximum atomic E-state index is 10.1. The fraction of sp³-hybridized carbons (Fsp3) is 0.0625. The van der Waals surface area contributed by atoms with Crippen molar-refractivity contribution in [2.24, 2.45) is 0 Å². The van der Waals surface area contributed by atoms with E-state index in [0.717, 1.165) is 33.5 Å². The van der Waals surface area contributed by atoms with Crippen molar-refractivity contribution >= 4 is 17.4 Å². The number of nitrogens with two attached hydrogens (primary N) is 1. The zero-order chi connectivity index (χ0) is 15.3. The summed E-state index contributed by atoms with van der Waals surface area (Å²) in [5.41, 5.74) is 11.3. The first kappa shape index (κ1) is 12.8. The van der Waals surface area contributed by atoms with E-state index in [1.165, 1.54) is 11.5 Å². The number of fused-ring (bicyclic) bond motifs is 3. The van der Waals surface area contributed by atoms with Crippen molar-refractivity contribution in [2.45, 2.75) is 6.42 Å². The number of aromatic hydroxyl groups is 1. The van der Waals surface area contributed by atoms with Crippen LogP contribution in [0.1, 0.15) is 16.7 Å². The van der Waals surface area contributed by atoms with Crippen LogP contribution < -0.4 is 5.73 Å². The summed E-state index contributed by atoms with van der Waals surface area (Å²) in [5, 5.41) is 21.4. The summed E-state index contributed by atoms with van der Waals surface area (Å²) in [4.78, 5) is 4.40. The Kier molecular flexibility index (Phi) is 2.65. The lowest BCUT2D eigenvalue weighted by molar-refractivity contribution is 0.470. The number of benzene rings is 1. The highest BCUT2D eigenvalue weighted by Crippen LogP contribution is 2.45. The van der Waals surface area contributed by atoms with E-state index >= 15 is 0 Å². The highest BCUT2D eigenvalue weighted by atomic mass is 32.1. The zero-order valence-corrected chi connectivity index (χ0v) is 12.2. The number of phenolic OH excluding ortho intramolecular Hbond substituents is 1. The number of nitrogen functional groups attached to an aromatic ring is 1. The topological polar surface area (TPSA) is 95.8 Å². The van der Waals surface area contributed by atoms with Gasteiger partial charge in [-0.25, -0.2) is 9.36 Å². The average molecular weight is 306 g/mol. The Bertz CT molecular complexity index is 942. The number of anilines is 1. The Labute approximate surface area is 130 Å². The minimum atomic E-state index is 0.207. The minimum Gasteiger partial charge on any atom is -0.508 e. The molecule has 6 heteroatoms. The van der Waals surface area contributed by atoms with Crippen LogP contribution in [-0.4, -0.2) is 14.5 Å². The third-order valence-corrected chi connectivity index (χ3v) is 4.51. The van der Waals surface area contributed by atoms with Crippen LogP contribution in [0.25, 0.3) is 22.4 Å². The Morgan fingerprint density at radius 2 is 2.18 bits per heavy atom. The Morgan fingerprint density at radius 1 is 1.32 bits per heavy atom. The van der Waals surface area contributed by atoms with Gasteiger partial charge in [-0.3, -0.25) is 0 Å². The summed E-state index contributed by atoms with van der Waals surface area (Å²) >= 11 is 1.32. The van der Waals surface area contributed by atoms with E-state index in [-0.39, 0.29) is 11.6 Å². The molecule has 2 aromatic heterocycles. The fourth-order valence-electron chi connectivity index (χ4n) is 2.96. The molecule has 0 spiro atoms. The first-order valence-corrected chi connectivity index (χ1v) is 7.47. The molecule has 0 aliphatic heterocycles. The summed E-state index contributed by atoms with van der Waals surface area (Å²) in [6.07, 6.45) is 2.26. The molecule has 0 atom stereocenters. The number of hydrogen-bond donors (Lipinski definition) is 2.